The van der Waals surface area contributed by atoms with E-state index in [1.165, 1.54) is 19.3 Å². The van der Waals surface area contributed by atoms with Gasteiger partial charge in [0.2, 0.25) is 5.28 Å². The Morgan fingerprint density at radius 2 is 2.31 bits per heavy atom. The third-order valence-electron chi connectivity index (χ3n) is 3.05. The van der Waals surface area contributed by atoms with Gasteiger partial charge < -0.3 is 9.30 Å². The Morgan fingerprint density at radius 1 is 1.44 bits per heavy atom. The van der Waals surface area contributed by atoms with E-state index in [-0.39, 0.29) is 0 Å². The first-order valence-electron chi connectivity index (χ1n) is 6.00. The van der Waals surface area contributed by atoms with Crippen LogP contribution < -0.4 is 0 Å². The standard InChI is InChI=1S/C11H18ClN3O/c1-2-10-13-14-11(12)15(10)7-6-9-5-3-4-8-16-9/h9H,2-8H2,1H3. The molecule has 1 fully saturated rings. The van der Waals surface area contributed by atoms with Crippen LogP contribution in [0.1, 0.15) is 38.4 Å². The van der Waals surface area contributed by atoms with Gasteiger partial charge in [0.1, 0.15) is 5.82 Å². The van der Waals surface area contributed by atoms with Gasteiger partial charge in [-0.3, -0.25) is 0 Å². The van der Waals surface area contributed by atoms with Crippen molar-refractivity contribution in [3.8, 4) is 0 Å². The van der Waals surface area contributed by atoms with E-state index in [4.69, 9.17) is 16.3 Å². The Morgan fingerprint density at radius 3 is 3.00 bits per heavy atom. The van der Waals surface area contributed by atoms with Gasteiger partial charge in [0.25, 0.3) is 0 Å². The van der Waals surface area contributed by atoms with E-state index in [1.54, 1.807) is 0 Å². The van der Waals surface area contributed by atoms with Gasteiger partial charge in [-0.2, -0.15) is 0 Å². The lowest BCUT2D eigenvalue weighted by Crippen LogP contribution is -2.21. The van der Waals surface area contributed by atoms with E-state index >= 15 is 0 Å². The summed E-state index contributed by atoms with van der Waals surface area (Å²) < 4.78 is 7.68. The monoisotopic (exact) mass is 243 g/mol. The van der Waals surface area contributed by atoms with Crippen molar-refractivity contribution < 1.29 is 4.74 Å². The van der Waals surface area contributed by atoms with Crippen LogP contribution in [0.5, 0.6) is 0 Å². The number of halogens is 1. The van der Waals surface area contributed by atoms with Crippen molar-refractivity contribution in [3.05, 3.63) is 11.1 Å². The average Bonchev–Trinajstić information content (AvgIpc) is 2.69. The molecule has 1 aliphatic rings. The van der Waals surface area contributed by atoms with Crippen LogP contribution in [0.4, 0.5) is 0 Å². The maximum absolute atomic E-state index is 5.99. The van der Waals surface area contributed by atoms with E-state index in [1.807, 2.05) is 4.57 Å². The molecule has 1 unspecified atom stereocenters. The highest BCUT2D eigenvalue weighted by molar-refractivity contribution is 6.28. The molecule has 2 heterocycles. The molecule has 0 N–H and O–H groups in total. The number of rotatable bonds is 4. The molecule has 1 aliphatic heterocycles. The summed E-state index contributed by atoms with van der Waals surface area (Å²) in [6.07, 6.45) is 5.90. The fraction of sp³-hybridized carbons (Fsp3) is 0.818. The highest BCUT2D eigenvalue weighted by Gasteiger charge is 2.15. The van der Waals surface area contributed by atoms with Crippen molar-refractivity contribution >= 4 is 11.6 Å². The van der Waals surface area contributed by atoms with Gasteiger partial charge in [0, 0.05) is 19.6 Å². The van der Waals surface area contributed by atoms with Crippen LogP contribution >= 0.6 is 11.6 Å². The van der Waals surface area contributed by atoms with Crippen LogP contribution in [0, 0.1) is 0 Å². The molecule has 1 atom stereocenters. The number of aryl methyl sites for hydroxylation is 1. The zero-order chi connectivity index (χ0) is 11.4. The molecule has 0 spiro atoms. The van der Waals surface area contributed by atoms with E-state index < -0.39 is 0 Å². The fourth-order valence-electron chi connectivity index (χ4n) is 2.10. The number of ether oxygens (including phenoxy) is 1. The molecule has 1 aromatic heterocycles. The maximum Gasteiger partial charge on any atom is 0.225 e. The molecule has 1 saturated heterocycles. The Bertz CT molecular complexity index is 334. The van der Waals surface area contributed by atoms with Crippen LogP contribution in [-0.2, 0) is 17.7 Å². The van der Waals surface area contributed by atoms with E-state index in [0.29, 0.717) is 11.4 Å². The third kappa shape index (κ3) is 2.74. The van der Waals surface area contributed by atoms with Crippen molar-refractivity contribution in [2.45, 2.75) is 51.7 Å². The van der Waals surface area contributed by atoms with Crippen molar-refractivity contribution in [2.75, 3.05) is 6.61 Å². The Balaban J connectivity index is 1.90. The first kappa shape index (κ1) is 11.9. The molecule has 2 rings (SSSR count). The van der Waals surface area contributed by atoms with E-state index in [9.17, 15) is 0 Å². The number of hydrogen-bond donors (Lipinski definition) is 0. The second-order valence-electron chi connectivity index (χ2n) is 4.17. The highest BCUT2D eigenvalue weighted by Crippen LogP contribution is 2.18. The normalized spacial score (nSPS) is 21.2. The molecule has 0 amide bonds. The smallest absolute Gasteiger partial charge is 0.225 e. The van der Waals surface area contributed by atoms with Gasteiger partial charge in [0.15, 0.2) is 0 Å². The summed E-state index contributed by atoms with van der Waals surface area (Å²) >= 11 is 5.99. The van der Waals surface area contributed by atoms with Crippen molar-refractivity contribution in [2.24, 2.45) is 0 Å². The summed E-state index contributed by atoms with van der Waals surface area (Å²) in [5, 5.41) is 8.42. The minimum atomic E-state index is 0.386. The lowest BCUT2D eigenvalue weighted by atomic mass is 10.1. The van der Waals surface area contributed by atoms with Crippen LogP contribution in [0.3, 0.4) is 0 Å². The van der Waals surface area contributed by atoms with E-state index in [0.717, 1.165) is 31.8 Å². The molecule has 0 bridgehead atoms. The third-order valence-corrected chi connectivity index (χ3v) is 3.33. The van der Waals surface area contributed by atoms with Gasteiger partial charge in [-0.05, 0) is 37.3 Å². The van der Waals surface area contributed by atoms with Gasteiger partial charge >= 0.3 is 0 Å². The second-order valence-corrected chi connectivity index (χ2v) is 4.51. The van der Waals surface area contributed by atoms with Crippen molar-refractivity contribution in [1.82, 2.24) is 14.8 Å². The lowest BCUT2D eigenvalue weighted by Gasteiger charge is -2.22. The fourth-order valence-corrected chi connectivity index (χ4v) is 2.32. The Labute approximate surface area is 101 Å². The number of aromatic nitrogens is 3. The van der Waals surface area contributed by atoms with E-state index in [2.05, 4.69) is 17.1 Å². The van der Waals surface area contributed by atoms with Crippen LogP contribution in [-0.4, -0.2) is 27.5 Å². The molecular formula is C11H18ClN3O. The topological polar surface area (TPSA) is 39.9 Å². The molecule has 90 valence electrons. The second kappa shape index (κ2) is 5.64. The summed E-state index contributed by atoms with van der Waals surface area (Å²) in [5.74, 6) is 0.959. The summed E-state index contributed by atoms with van der Waals surface area (Å²) in [6, 6.07) is 0. The van der Waals surface area contributed by atoms with Crippen molar-refractivity contribution in [1.29, 1.82) is 0 Å². The van der Waals surface area contributed by atoms with Crippen LogP contribution in [0.25, 0.3) is 0 Å². The molecule has 16 heavy (non-hydrogen) atoms. The Kier molecular flexibility index (Phi) is 4.18. The number of hydrogen-bond acceptors (Lipinski definition) is 3. The number of nitrogens with zero attached hydrogens (tertiary/aromatic N) is 3. The summed E-state index contributed by atoms with van der Waals surface area (Å²) in [7, 11) is 0. The molecule has 0 saturated carbocycles. The molecule has 4 nitrogen and oxygen atoms in total. The molecule has 1 aromatic rings. The SMILES string of the molecule is CCc1nnc(Cl)n1CCC1CCCCO1. The molecular weight excluding hydrogens is 226 g/mol. The largest absolute Gasteiger partial charge is 0.378 e. The molecule has 5 heteroatoms. The lowest BCUT2D eigenvalue weighted by molar-refractivity contribution is 0.00870. The molecule has 0 aromatic carbocycles. The zero-order valence-corrected chi connectivity index (χ0v) is 10.4. The minimum absolute atomic E-state index is 0.386. The average molecular weight is 244 g/mol. The van der Waals surface area contributed by atoms with Crippen molar-refractivity contribution in [3.63, 3.8) is 0 Å². The highest BCUT2D eigenvalue weighted by atomic mass is 35.5. The first-order valence-corrected chi connectivity index (χ1v) is 6.38. The predicted octanol–water partition coefficient (Wildman–Crippen LogP) is 2.45. The summed E-state index contributed by atoms with van der Waals surface area (Å²) in [4.78, 5) is 0. The van der Waals surface area contributed by atoms with Crippen LogP contribution in [0.2, 0.25) is 5.28 Å². The minimum Gasteiger partial charge on any atom is -0.378 e. The van der Waals surface area contributed by atoms with Gasteiger partial charge in [-0.25, -0.2) is 0 Å². The summed E-state index contributed by atoms with van der Waals surface area (Å²) in [6.45, 7) is 3.83. The Hall–Kier alpha value is -0.610. The zero-order valence-electron chi connectivity index (χ0n) is 9.65. The quantitative estimate of drug-likeness (QED) is 0.816. The maximum atomic E-state index is 5.99. The predicted molar refractivity (Wildman–Crippen MR) is 62.6 cm³/mol. The molecule has 0 radical (unpaired) electrons. The van der Waals surface area contributed by atoms with Gasteiger partial charge in [0.05, 0.1) is 6.10 Å². The van der Waals surface area contributed by atoms with Gasteiger partial charge in [-0.1, -0.05) is 6.92 Å². The first-order chi connectivity index (χ1) is 7.81. The summed E-state index contributed by atoms with van der Waals surface area (Å²) in [5.41, 5.74) is 0. The molecule has 0 aliphatic carbocycles. The van der Waals surface area contributed by atoms with Crippen LogP contribution in [0.15, 0.2) is 0 Å². The van der Waals surface area contributed by atoms with Gasteiger partial charge in [-0.15, -0.1) is 10.2 Å².